The molecule has 2 aromatic heterocycles. The Morgan fingerprint density at radius 3 is 2.53 bits per heavy atom. The molecule has 0 radical (unpaired) electrons. The van der Waals surface area contributed by atoms with Gasteiger partial charge in [0.1, 0.15) is 0 Å². The Labute approximate surface area is 180 Å². The number of rotatable bonds is 5. The maximum atomic E-state index is 12.8. The highest BCUT2D eigenvalue weighted by atomic mass is 16.6. The van der Waals surface area contributed by atoms with Crippen LogP contribution < -0.4 is 16.4 Å². The number of hydrogen-bond acceptors (Lipinski definition) is 6. The Balaban J connectivity index is 1.61. The quantitative estimate of drug-likeness (QED) is 0.324. The molecule has 2 aromatic carbocycles. The summed E-state index contributed by atoms with van der Waals surface area (Å²) < 4.78 is 1.22. The summed E-state index contributed by atoms with van der Waals surface area (Å²) in [5.41, 5.74) is 4.79. The lowest BCUT2D eigenvalue weighted by Crippen LogP contribution is -2.42. The standard InChI is InChI=1S/C21H18N6O5/c1-2-9-26-21(30)14-6-4-3-5-13(14)18(25-26)20(29)24-23-19(28)16-11-22-17-8-7-12(27(31)32)10-15(16)17/h3-8,10-11,22H,2,9H2,1H3,(H,23,28)(H,24,29). The van der Waals surface area contributed by atoms with E-state index in [4.69, 9.17) is 0 Å². The summed E-state index contributed by atoms with van der Waals surface area (Å²) in [6.45, 7) is 2.22. The van der Waals surface area contributed by atoms with E-state index in [9.17, 15) is 24.5 Å². The van der Waals surface area contributed by atoms with E-state index in [-0.39, 0.29) is 22.5 Å². The van der Waals surface area contributed by atoms with Crippen molar-refractivity contribution in [1.29, 1.82) is 0 Å². The number of nitrogens with zero attached hydrogens (tertiary/aromatic N) is 3. The minimum atomic E-state index is -0.703. The van der Waals surface area contributed by atoms with Gasteiger partial charge in [-0.2, -0.15) is 5.10 Å². The van der Waals surface area contributed by atoms with Gasteiger partial charge in [0.15, 0.2) is 5.69 Å². The van der Waals surface area contributed by atoms with E-state index in [1.807, 2.05) is 6.92 Å². The monoisotopic (exact) mass is 434 g/mol. The smallest absolute Gasteiger partial charge is 0.290 e. The van der Waals surface area contributed by atoms with Crippen LogP contribution >= 0.6 is 0 Å². The van der Waals surface area contributed by atoms with Crippen molar-refractivity contribution in [2.24, 2.45) is 0 Å². The van der Waals surface area contributed by atoms with Crippen molar-refractivity contribution >= 4 is 39.2 Å². The summed E-state index contributed by atoms with van der Waals surface area (Å²) in [5, 5.41) is 16.2. The molecule has 4 rings (SSSR count). The molecule has 162 valence electrons. The summed E-state index contributed by atoms with van der Waals surface area (Å²) >= 11 is 0. The SMILES string of the molecule is CCCn1nc(C(=O)NNC(=O)c2c[nH]c3ccc([N+](=O)[O-])cc23)c2ccccc2c1=O. The molecular formula is C21H18N6O5. The van der Waals surface area contributed by atoms with Crippen molar-refractivity contribution in [3.8, 4) is 0 Å². The van der Waals surface area contributed by atoms with Crippen LogP contribution in [0.15, 0.2) is 53.5 Å². The van der Waals surface area contributed by atoms with Crippen LogP contribution in [-0.2, 0) is 6.54 Å². The molecule has 4 aromatic rings. The largest absolute Gasteiger partial charge is 0.360 e. The van der Waals surface area contributed by atoms with Gasteiger partial charge in [-0.1, -0.05) is 25.1 Å². The zero-order valence-electron chi connectivity index (χ0n) is 16.9. The minimum Gasteiger partial charge on any atom is -0.360 e. The molecule has 11 nitrogen and oxygen atoms in total. The third-order valence-electron chi connectivity index (χ3n) is 4.93. The minimum absolute atomic E-state index is 0.0106. The zero-order valence-corrected chi connectivity index (χ0v) is 16.9. The van der Waals surface area contributed by atoms with Crippen LogP contribution in [0.25, 0.3) is 21.7 Å². The fourth-order valence-electron chi connectivity index (χ4n) is 3.42. The average molecular weight is 434 g/mol. The molecule has 0 saturated heterocycles. The summed E-state index contributed by atoms with van der Waals surface area (Å²) in [4.78, 5) is 51.3. The third-order valence-corrected chi connectivity index (χ3v) is 4.93. The van der Waals surface area contributed by atoms with Gasteiger partial charge >= 0.3 is 0 Å². The predicted octanol–water partition coefficient (Wildman–Crippen LogP) is 2.27. The summed E-state index contributed by atoms with van der Waals surface area (Å²) in [6, 6.07) is 10.7. The van der Waals surface area contributed by atoms with Crippen molar-refractivity contribution in [2.45, 2.75) is 19.9 Å². The number of aromatic nitrogens is 3. The number of amides is 2. The molecule has 3 N–H and O–H groups in total. The maximum Gasteiger partial charge on any atom is 0.290 e. The molecule has 32 heavy (non-hydrogen) atoms. The second-order valence-corrected chi connectivity index (χ2v) is 7.02. The van der Waals surface area contributed by atoms with Gasteiger partial charge in [0.05, 0.1) is 15.9 Å². The van der Waals surface area contributed by atoms with Crippen LogP contribution in [0, 0.1) is 10.1 Å². The fourth-order valence-corrected chi connectivity index (χ4v) is 3.42. The van der Waals surface area contributed by atoms with E-state index in [0.717, 1.165) is 0 Å². The van der Waals surface area contributed by atoms with E-state index in [1.54, 1.807) is 24.3 Å². The molecule has 0 unspecified atom stereocenters. The molecule has 0 aliphatic carbocycles. The summed E-state index contributed by atoms with van der Waals surface area (Å²) in [5.74, 6) is -1.37. The van der Waals surface area contributed by atoms with Crippen molar-refractivity contribution in [3.63, 3.8) is 0 Å². The third kappa shape index (κ3) is 3.67. The number of hydrazine groups is 1. The molecule has 0 atom stereocenters. The van der Waals surface area contributed by atoms with Crippen LogP contribution in [0.1, 0.15) is 34.2 Å². The Hall–Kier alpha value is -4.54. The number of fused-ring (bicyclic) bond motifs is 2. The molecule has 11 heteroatoms. The Morgan fingerprint density at radius 2 is 1.81 bits per heavy atom. The van der Waals surface area contributed by atoms with E-state index in [1.165, 1.54) is 29.1 Å². The molecule has 0 aliphatic rings. The molecule has 0 bridgehead atoms. The van der Waals surface area contributed by atoms with Crippen molar-refractivity contribution in [1.82, 2.24) is 25.6 Å². The number of benzene rings is 2. The number of nitro benzene ring substituents is 1. The Morgan fingerprint density at radius 1 is 1.09 bits per heavy atom. The van der Waals surface area contributed by atoms with Crippen LogP contribution in [0.3, 0.4) is 0 Å². The number of nitrogens with one attached hydrogen (secondary N) is 3. The van der Waals surface area contributed by atoms with Crippen LogP contribution in [0.4, 0.5) is 5.69 Å². The topological polar surface area (TPSA) is 152 Å². The van der Waals surface area contributed by atoms with Gasteiger partial charge < -0.3 is 4.98 Å². The Bertz CT molecular complexity index is 1440. The van der Waals surface area contributed by atoms with Crippen LogP contribution in [-0.4, -0.2) is 31.5 Å². The van der Waals surface area contributed by atoms with Gasteiger partial charge in [0.2, 0.25) is 0 Å². The van der Waals surface area contributed by atoms with Gasteiger partial charge in [-0.05, 0) is 18.6 Å². The molecule has 2 heterocycles. The lowest BCUT2D eigenvalue weighted by atomic mass is 10.1. The van der Waals surface area contributed by atoms with Gasteiger partial charge in [0, 0.05) is 41.2 Å². The second-order valence-electron chi connectivity index (χ2n) is 7.02. The lowest BCUT2D eigenvalue weighted by Gasteiger charge is -2.11. The molecule has 2 amide bonds. The fraction of sp³-hybridized carbons (Fsp3) is 0.143. The first-order chi connectivity index (χ1) is 15.4. The molecule has 0 saturated carbocycles. The molecule has 0 aliphatic heterocycles. The molecule has 0 spiro atoms. The molecule has 0 fully saturated rings. The highest BCUT2D eigenvalue weighted by Crippen LogP contribution is 2.23. The first-order valence-corrected chi connectivity index (χ1v) is 9.76. The number of aryl methyl sites for hydroxylation is 1. The van der Waals surface area contributed by atoms with Gasteiger partial charge in [-0.25, -0.2) is 4.68 Å². The number of hydrogen-bond donors (Lipinski definition) is 3. The number of carbonyl (C=O) groups excluding carboxylic acids is 2. The summed E-state index contributed by atoms with van der Waals surface area (Å²) in [6.07, 6.45) is 2.04. The normalized spacial score (nSPS) is 10.9. The van der Waals surface area contributed by atoms with E-state index in [0.29, 0.717) is 34.6 Å². The second kappa shape index (κ2) is 8.30. The highest BCUT2D eigenvalue weighted by molar-refractivity contribution is 6.09. The molecular weight excluding hydrogens is 416 g/mol. The van der Waals surface area contributed by atoms with Gasteiger partial charge in [-0.3, -0.25) is 35.3 Å². The number of carbonyl (C=O) groups is 2. The maximum absolute atomic E-state index is 12.8. The van der Waals surface area contributed by atoms with E-state index >= 15 is 0 Å². The Kier molecular flexibility index (Phi) is 5.37. The number of aromatic amines is 1. The van der Waals surface area contributed by atoms with Gasteiger partial charge in [-0.15, -0.1) is 0 Å². The van der Waals surface area contributed by atoms with Crippen LogP contribution in [0.5, 0.6) is 0 Å². The van der Waals surface area contributed by atoms with E-state index in [2.05, 4.69) is 20.9 Å². The van der Waals surface area contributed by atoms with Crippen molar-refractivity contribution in [3.05, 3.63) is 80.4 Å². The highest BCUT2D eigenvalue weighted by Gasteiger charge is 2.19. The first-order valence-electron chi connectivity index (χ1n) is 9.76. The number of H-pyrrole nitrogens is 1. The van der Waals surface area contributed by atoms with Gasteiger partial charge in [0.25, 0.3) is 23.1 Å². The first kappa shape index (κ1) is 20.7. The van der Waals surface area contributed by atoms with Crippen LogP contribution in [0.2, 0.25) is 0 Å². The number of nitro groups is 1. The zero-order chi connectivity index (χ0) is 22.8. The van der Waals surface area contributed by atoms with E-state index < -0.39 is 16.7 Å². The van der Waals surface area contributed by atoms with Crippen molar-refractivity contribution < 1.29 is 14.5 Å². The summed E-state index contributed by atoms with van der Waals surface area (Å²) in [7, 11) is 0. The number of non-ortho nitro benzene ring substituents is 1. The average Bonchev–Trinajstić information content (AvgIpc) is 3.22. The lowest BCUT2D eigenvalue weighted by molar-refractivity contribution is -0.384. The predicted molar refractivity (Wildman–Crippen MR) is 116 cm³/mol. The van der Waals surface area contributed by atoms with Crippen molar-refractivity contribution in [2.75, 3.05) is 0 Å².